The second kappa shape index (κ2) is 10.8. The van der Waals surface area contributed by atoms with Gasteiger partial charge in [0.25, 0.3) is 5.91 Å². The Bertz CT molecular complexity index is 1430. The number of fused-ring (bicyclic) bond motifs is 1. The zero-order chi connectivity index (χ0) is 26.6. The van der Waals surface area contributed by atoms with Crippen molar-refractivity contribution in [2.75, 3.05) is 62.6 Å². The monoisotopic (exact) mass is 514 g/mol. The fourth-order valence-electron chi connectivity index (χ4n) is 4.62. The third-order valence-electron chi connectivity index (χ3n) is 6.63. The van der Waals surface area contributed by atoms with Crippen LogP contribution in [0.3, 0.4) is 0 Å². The van der Waals surface area contributed by atoms with Crippen LogP contribution in [0.2, 0.25) is 0 Å². The molecule has 1 saturated heterocycles. The Morgan fingerprint density at radius 3 is 2.16 bits per heavy atom. The summed E-state index contributed by atoms with van der Waals surface area (Å²) in [5.74, 6) is 2.69. The minimum Gasteiger partial charge on any atom is -0.493 e. The Morgan fingerprint density at radius 2 is 1.53 bits per heavy atom. The smallest absolute Gasteiger partial charge is 0.255 e. The van der Waals surface area contributed by atoms with Crippen molar-refractivity contribution in [2.45, 2.75) is 6.92 Å². The van der Waals surface area contributed by atoms with Crippen molar-refractivity contribution in [3.8, 4) is 17.2 Å². The molecule has 1 fully saturated rings. The molecule has 0 unspecified atom stereocenters. The van der Waals surface area contributed by atoms with Gasteiger partial charge in [-0.15, -0.1) is 0 Å². The zero-order valence-corrected chi connectivity index (χ0v) is 21.9. The summed E-state index contributed by atoms with van der Waals surface area (Å²) >= 11 is 0. The molecule has 2 aromatic heterocycles. The Labute approximate surface area is 221 Å². The predicted octanol–water partition coefficient (Wildman–Crippen LogP) is 3.94. The zero-order valence-electron chi connectivity index (χ0n) is 21.9. The van der Waals surface area contributed by atoms with Gasteiger partial charge in [-0.2, -0.15) is 0 Å². The number of nitrogens with one attached hydrogen (secondary N) is 1. The van der Waals surface area contributed by atoms with Crippen LogP contribution < -0.4 is 29.3 Å². The predicted molar refractivity (Wildman–Crippen MR) is 147 cm³/mol. The molecule has 0 bridgehead atoms. The molecule has 5 rings (SSSR count). The van der Waals surface area contributed by atoms with Crippen LogP contribution in [-0.4, -0.2) is 68.4 Å². The normalized spacial score (nSPS) is 13.4. The van der Waals surface area contributed by atoms with E-state index in [0.29, 0.717) is 28.5 Å². The van der Waals surface area contributed by atoms with Gasteiger partial charge in [0.2, 0.25) is 11.7 Å². The lowest BCUT2D eigenvalue weighted by molar-refractivity contribution is 0.102. The largest absolute Gasteiger partial charge is 0.493 e. The number of ether oxygens (including phenoxy) is 3. The number of pyridine rings is 1. The fourth-order valence-corrected chi connectivity index (χ4v) is 4.62. The van der Waals surface area contributed by atoms with Crippen LogP contribution in [0.5, 0.6) is 17.2 Å². The first-order valence-electron chi connectivity index (χ1n) is 12.3. The number of piperazine rings is 1. The molecule has 1 aliphatic rings. The van der Waals surface area contributed by atoms with Gasteiger partial charge >= 0.3 is 0 Å². The highest BCUT2D eigenvalue weighted by molar-refractivity contribution is 6.06. The molecule has 0 radical (unpaired) electrons. The summed E-state index contributed by atoms with van der Waals surface area (Å²) in [5, 5.41) is 3.95. The van der Waals surface area contributed by atoms with Crippen molar-refractivity contribution in [3.05, 3.63) is 66.0 Å². The van der Waals surface area contributed by atoms with Gasteiger partial charge in [0.15, 0.2) is 11.5 Å². The lowest BCUT2D eigenvalue weighted by atomic mass is 10.1. The van der Waals surface area contributed by atoms with Crippen LogP contribution in [0.4, 0.5) is 17.5 Å². The molecule has 4 aromatic rings. The lowest BCUT2D eigenvalue weighted by Crippen LogP contribution is -2.47. The van der Waals surface area contributed by atoms with E-state index in [0.717, 1.165) is 54.4 Å². The van der Waals surface area contributed by atoms with Crippen LogP contribution >= 0.6 is 0 Å². The van der Waals surface area contributed by atoms with Gasteiger partial charge in [0, 0.05) is 55.2 Å². The van der Waals surface area contributed by atoms with Gasteiger partial charge in [-0.1, -0.05) is 0 Å². The number of benzene rings is 2. The maximum Gasteiger partial charge on any atom is 0.255 e. The third-order valence-corrected chi connectivity index (χ3v) is 6.63. The molecule has 0 atom stereocenters. The topological polar surface area (TPSA) is 102 Å². The Morgan fingerprint density at radius 1 is 0.868 bits per heavy atom. The number of hydrogen-bond acceptors (Lipinski definition) is 9. The molecule has 0 saturated carbocycles. The molecule has 3 heterocycles. The number of carbonyl (C=O) groups is 1. The molecule has 1 aliphatic heterocycles. The van der Waals surface area contributed by atoms with E-state index in [2.05, 4.69) is 38.1 Å². The number of amides is 1. The van der Waals surface area contributed by atoms with Crippen molar-refractivity contribution >= 4 is 34.3 Å². The molecule has 38 heavy (non-hydrogen) atoms. The van der Waals surface area contributed by atoms with Crippen LogP contribution in [0, 0.1) is 6.92 Å². The quantitative estimate of drug-likeness (QED) is 0.393. The molecule has 196 valence electrons. The van der Waals surface area contributed by atoms with Crippen molar-refractivity contribution < 1.29 is 19.0 Å². The van der Waals surface area contributed by atoms with Gasteiger partial charge in [0.05, 0.1) is 26.8 Å². The molecule has 2 aromatic carbocycles. The number of rotatable bonds is 7. The van der Waals surface area contributed by atoms with E-state index in [1.54, 1.807) is 24.5 Å². The van der Waals surface area contributed by atoms with Crippen molar-refractivity contribution in [1.29, 1.82) is 0 Å². The Kier molecular flexibility index (Phi) is 7.12. The van der Waals surface area contributed by atoms with E-state index < -0.39 is 0 Å². The number of carbonyl (C=O) groups excluding carboxylic acids is 1. The summed E-state index contributed by atoms with van der Waals surface area (Å²) in [4.78, 5) is 31.2. The van der Waals surface area contributed by atoms with Crippen LogP contribution in [0.1, 0.15) is 15.9 Å². The van der Waals surface area contributed by atoms with Crippen molar-refractivity contribution in [2.24, 2.45) is 0 Å². The van der Waals surface area contributed by atoms with Crippen LogP contribution in [0.15, 0.2) is 54.9 Å². The molecule has 10 heteroatoms. The second-order valence-corrected chi connectivity index (χ2v) is 8.92. The van der Waals surface area contributed by atoms with Crippen LogP contribution in [-0.2, 0) is 0 Å². The number of anilines is 3. The highest BCUT2D eigenvalue weighted by atomic mass is 16.5. The lowest BCUT2D eigenvalue weighted by Gasteiger charge is -2.35. The summed E-state index contributed by atoms with van der Waals surface area (Å²) in [6, 6.07) is 12.9. The first-order chi connectivity index (χ1) is 18.5. The van der Waals surface area contributed by atoms with Gasteiger partial charge in [-0.25, -0.2) is 15.0 Å². The summed E-state index contributed by atoms with van der Waals surface area (Å²) < 4.78 is 16.1. The highest BCUT2D eigenvalue weighted by Crippen LogP contribution is 2.38. The summed E-state index contributed by atoms with van der Waals surface area (Å²) in [6.45, 7) is 5.38. The van der Waals surface area contributed by atoms with Crippen molar-refractivity contribution in [1.82, 2.24) is 15.0 Å². The van der Waals surface area contributed by atoms with E-state index in [9.17, 15) is 4.79 Å². The fraction of sp³-hybridized carbons (Fsp3) is 0.286. The van der Waals surface area contributed by atoms with E-state index in [1.165, 1.54) is 21.3 Å². The number of hydrogen-bond donors (Lipinski definition) is 1. The molecule has 0 spiro atoms. The molecule has 1 amide bonds. The van der Waals surface area contributed by atoms with Crippen molar-refractivity contribution in [3.63, 3.8) is 0 Å². The molecular weight excluding hydrogens is 484 g/mol. The maximum atomic E-state index is 13.1. The number of methoxy groups -OCH3 is 3. The summed E-state index contributed by atoms with van der Waals surface area (Å²) in [6.07, 6.45) is 3.54. The average molecular weight is 515 g/mol. The second-order valence-electron chi connectivity index (χ2n) is 8.92. The van der Waals surface area contributed by atoms with Gasteiger partial charge in [-0.3, -0.25) is 4.79 Å². The van der Waals surface area contributed by atoms with E-state index in [-0.39, 0.29) is 5.91 Å². The van der Waals surface area contributed by atoms with Gasteiger partial charge in [-0.05, 0) is 55.0 Å². The maximum absolute atomic E-state index is 13.1. The first-order valence-corrected chi connectivity index (χ1v) is 12.3. The molecule has 10 nitrogen and oxygen atoms in total. The highest BCUT2D eigenvalue weighted by Gasteiger charge is 2.21. The third kappa shape index (κ3) is 4.97. The van der Waals surface area contributed by atoms with Gasteiger partial charge in [0.1, 0.15) is 5.82 Å². The number of aryl methyl sites for hydroxylation is 1. The minimum absolute atomic E-state index is 0.286. The molecular formula is C28H30N6O4. The first kappa shape index (κ1) is 25.1. The molecule has 1 N–H and O–H groups in total. The minimum atomic E-state index is -0.286. The van der Waals surface area contributed by atoms with E-state index in [4.69, 9.17) is 19.2 Å². The summed E-state index contributed by atoms with van der Waals surface area (Å²) in [5.41, 5.74) is 3.03. The Hall–Kier alpha value is -4.60. The Balaban J connectivity index is 1.33. The number of nitrogens with zero attached hydrogens (tertiary/aromatic N) is 5. The van der Waals surface area contributed by atoms with E-state index in [1.807, 2.05) is 24.3 Å². The average Bonchev–Trinajstić information content (AvgIpc) is 2.97. The SMILES string of the molecule is COc1cc(C(=O)Nc2ccc3nc(N4CCN(c5ncccn5)CC4)cc(C)c3c2)cc(OC)c1OC. The standard InChI is InChI=1S/C28H30N6O4/c1-18-14-25(33-10-12-34(13-11-33)28-29-8-5-9-30-28)32-22-7-6-20(17-21(18)22)31-27(35)19-15-23(36-2)26(38-4)24(16-19)37-3/h5-9,14-17H,10-13H2,1-4H3,(H,31,35). The van der Waals surface area contributed by atoms with E-state index >= 15 is 0 Å². The van der Waals surface area contributed by atoms with Gasteiger partial charge < -0.3 is 29.3 Å². The summed E-state index contributed by atoms with van der Waals surface area (Å²) in [7, 11) is 4.56. The van der Waals surface area contributed by atoms with Crippen LogP contribution in [0.25, 0.3) is 10.9 Å². The number of aromatic nitrogens is 3. The molecule has 0 aliphatic carbocycles.